The van der Waals surface area contributed by atoms with E-state index in [-0.39, 0.29) is 5.82 Å². The average Bonchev–Trinajstić information content (AvgIpc) is 2.40. The summed E-state index contributed by atoms with van der Waals surface area (Å²) in [6.45, 7) is 6.87. The van der Waals surface area contributed by atoms with Crippen LogP contribution in [-0.2, 0) is 6.54 Å². The number of nitrogens with one attached hydrogen (secondary N) is 1. The van der Waals surface area contributed by atoms with Crippen molar-refractivity contribution in [2.24, 2.45) is 0 Å². The van der Waals surface area contributed by atoms with Gasteiger partial charge in [-0.2, -0.15) is 0 Å². The number of nitrogens with zero attached hydrogens (tertiary/aromatic N) is 1. The summed E-state index contributed by atoms with van der Waals surface area (Å²) in [6.07, 6.45) is 0. The molecule has 3 nitrogen and oxygen atoms in total. The van der Waals surface area contributed by atoms with E-state index in [0.29, 0.717) is 22.1 Å². The third-order valence-corrected chi connectivity index (χ3v) is 3.43. The highest BCUT2D eigenvalue weighted by Crippen LogP contribution is 2.26. The molecule has 1 aromatic carbocycles. The summed E-state index contributed by atoms with van der Waals surface area (Å²) < 4.78 is 19.3. The third-order valence-electron chi connectivity index (χ3n) is 2.82. The van der Waals surface area contributed by atoms with Crippen LogP contribution in [-0.4, -0.2) is 11.0 Å². The number of hydrogen-bond donors (Lipinski definition) is 1. The van der Waals surface area contributed by atoms with Gasteiger partial charge in [0, 0.05) is 24.3 Å². The van der Waals surface area contributed by atoms with E-state index < -0.39 is 0 Å². The lowest BCUT2D eigenvalue weighted by atomic mass is 10.2. The maximum Gasteiger partial charge on any atom is 0.219 e. The maximum atomic E-state index is 13.2. The lowest BCUT2D eigenvalue weighted by Gasteiger charge is -2.11. The van der Waals surface area contributed by atoms with Crippen LogP contribution in [0.4, 0.5) is 4.39 Å². The highest BCUT2D eigenvalue weighted by molar-refractivity contribution is 9.10. The Morgan fingerprint density at radius 3 is 2.71 bits per heavy atom. The van der Waals surface area contributed by atoms with Crippen molar-refractivity contribution >= 4 is 15.9 Å². The van der Waals surface area contributed by atoms with Crippen molar-refractivity contribution in [3.05, 3.63) is 51.9 Å². The van der Waals surface area contributed by atoms with Crippen LogP contribution in [0.5, 0.6) is 11.6 Å². The van der Waals surface area contributed by atoms with E-state index in [9.17, 15) is 4.39 Å². The molecular formula is C16H18BrFN2O. The zero-order valence-electron chi connectivity index (χ0n) is 12.3. The molecule has 0 saturated heterocycles. The predicted octanol–water partition coefficient (Wildman–Crippen LogP) is 4.58. The molecule has 112 valence electrons. The third kappa shape index (κ3) is 4.79. The Kier molecular flexibility index (Phi) is 5.31. The lowest BCUT2D eigenvalue weighted by molar-refractivity contribution is 0.457. The fourth-order valence-corrected chi connectivity index (χ4v) is 2.20. The van der Waals surface area contributed by atoms with Crippen molar-refractivity contribution in [1.82, 2.24) is 10.3 Å². The van der Waals surface area contributed by atoms with Gasteiger partial charge in [0.25, 0.3) is 0 Å². The Morgan fingerprint density at radius 2 is 2.05 bits per heavy atom. The molecule has 21 heavy (non-hydrogen) atoms. The molecule has 0 saturated carbocycles. The molecule has 0 aliphatic carbocycles. The molecule has 0 radical (unpaired) electrons. The molecule has 5 heteroatoms. The van der Waals surface area contributed by atoms with Crippen LogP contribution in [0, 0.1) is 12.7 Å². The SMILES string of the molecule is Cc1cc(CNC(C)C)cc(Oc2ccc(F)c(Br)c2)n1. The van der Waals surface area contributed by atoms with Crippen molar-refractivity contribution in [3.63, 3.8) is 0 Å². The second-order valence-electron chi connectivity index (χ2n) is 5.17. The number of benzene rings is 1. The summed E-state index contributed by atoms with van der Waals surface area (Å²) in [5.41, 5.74) is 1.99. The summed E-state index contributed by atoms with van der Waals surface area (Å²) in [7, 11) is 0. The first-order valence-electron chi connectivity index (χ1n) is 6.78. The van der Waals surface area contributed by atoms with Gasteiger partial charge in [0.1, 0.15) is 11.6 Å². The summed E-state index contributed by atoms with van der Waals surface area (Å²) in [5.74, 6) is 0.736. The Hall–Kier alpha value is -1.46. The fourth-order valence-electron chi connectivity index (χ4n) is 1.84. The summed E-state index contributed by atoms with van der Waals surface area (Å²) in [6, 6.07) is 8.84. The first-order valence-corrected chi connectivity index (χ1v) is 7.57. The number of aromatic nitrogens is 1. The van der Waals surface area contributed by atoms with Crippen LogP contribution in [0.15, 0.2) is 34.8 Å². The predicted molar refractivity (Wildman–Crippen MR) is 85.1 cm³/mol. The van der Waals surface area contributed by atoms with Crippen molar-refractivity contribution in [2.45, 2.75) is 33.4 Å². The quantitative estimate of drug-likeness (QED) is 0.854. The van der Waals surface area contributed by atoms with Gasteiger partial charge in [0.2, 0.25) is 5.88 Å². The molecule has 0 spiro atoms. The molecule has 0 aliphatic heterocycles. The number of halogens is 2. The molecular weight excluding hydrogens is 335 g/mol. The Balaban J connectivity index is 2.17. The molecule has 0 aliphatic rings. The molecule has 1 heterocycles. The van der Waals surface area contributed by atoms with E-state index in [4.69, 9.17) is 4.74 Å². The van der Waals surface area contributed by atoms with Crippen LogP contribution >= 0.6 is 15.9 Å². The number of pyridine rings is 1. The minimum absolute atomic E-state index is 0.318. The van der Waals surface area contributed by atoms with Gasteiger partial charge in [0.15, 0.2) is 0 Å². The molecule has 2 rings (SSSR count). The number of ether oxygens (including phenoxy) is 1. The standard InChI is InChI=1S/C16H18BrFN2O/c1-10(2)19-9-12-6-11(3)20-16(7-12)21-13-4-5-15(18)14(17)8-13/h4-8,10,19H,9H2,1-3H3. The Bertz CT molecular complexity index is 632. The molecule has 0 fully saturated rings. The van der Waals surface area contributed by atoms with E-state index in [2.05, 4.69) is 40.1 Å². The second kappa shape index (κ2) is 7.00. The summed E-state index contributed by atoms with van der Waals surface area (Å²) in [4.78, 5) is 4.35. The molecule has 1 N–H and O–H groups in total. The van der Waals surface area contributed by atoms with Gasteiger partial charge in [-0.15, -0.1) is 0 Å². The number of aryl methyl sites for hydroxylation is 1. The Morgan fingerprint density at radius 1 is 1.29 bits per heavy atom. The minimum atomic E-state index is -0.318. The van der Waals surface area contributed by atoms with Crippen molar-refractivity contribution in [1.29, 1.82) is 0 Å². The van der Waals surface area contributed by atoms with Gasteiger partial charge in [-0.25, -0.2) is 9.37 Å². The van der Waals surface area contributed by atoms with Crippen LogP contribution in [0.1, 0.15) is 25.1 Å². The molecule has 1 aromatic heterocycles. The number of hydrogen-bond acceptors (Lipinski definition) is 3. The first-order chi connectivity index (χ1) is 9.94. The van der Waals surface area contributed by atoms with E-state index in [1.54, 1.807) is 12.1 Å². The highest BCUT2D eigenvalue weighted by Gasteiger charge is 2.06. The molecule has 0 bridgehead atoms. The van der Waals surface area contributed by atoms with E-state index in [0.717, 1.165) is 17.8 Å². The van der Waals surface area contributed by atoms with Crippen LogP contribution in [0.2, 0.25) is 0 Å². The van der Waals surface area contributed by atoms with Crippen LogP contribution < -0.4 is 10.1 Å². The summed E-state index contributed by atoms with van der Waals surface area (Å²) in [5, 5.41) is 3.36. The maximum absolute atomic E-state index is 13.2. The second-order valence-corrected chi connectivity index (χ2v) is 6.02. The van der Waals surface area contributed by atoms with Crippen molar-refractivity contribution in [3.8, 4) is 11.6 Å². The first kappa shape index (κ1) is 15.9. The topological polar surface area (TPSA) is 34.1 Å². The zero-order chi connectivity index (χ0) is 15.4. The molecule has 0 amide bonds. The molecule has 2 aromatic rings. The molecule has 0 unspecified atom stereocenters. The smallest absolute Gasteiger partial charge is 0.219 e. The van der Waals surface area contributed by atoms with Crippen molar-refractivity contribution in [2.75, 3.05) is 0 Å². The van der Waals surface area contributed by atoms with E-state index in [1.165, 1.54) is 6.07 Å². The van der Waals surface area contributed by atoms with Gasteiger partial charge in [-0.1, -0.05) is 13.8 Å². The lowest BCUT2D eigenvalue weighted by Crippen LogP contribution is -2.21. The monoisotopic (exact) mass is 352 g/mol. The largest absolute Gasteiger partial charge is 0.439 e. The summed E-state index contributed by atoms with van der Waals surface area (Å²) >= 11 is 3.14. The van der Waals surface area contributed by atoms with E-state index >= 15 is 0 Å². The number of rotatable bonds is 5. The van der Waals surface area contributed by atoms with Crippen molar-refractivity contribution < 1.29 is 9.13 Å². The van der Waals surface area contributed by atoms with Gasteiger partial charge in [-0.05, 0) is 52.7 Å². The highest BCUT2D eigenvalue weighted by atomic mass is 79.9. The fraction of sp³-hybridized carbons (Fsp3) is 0.312. The van der Waals surface area contributed by atoms with Gasteiger partial charge < -0.3 is 10.1 Å². The van der Waals surface area contributed by atoms with Gasteiger partial charge >= 0.3 is 0 Å². The van der Waals surface area contributed by atoms with Crippen LogP contribution in [0.3, 0.4) is 0 Å². The van der Waals surface area contributed by atoms with Gasteiger partial charge in [0.05, 0.1) is 4.47 Å². The van der Waals surface area contributed by atoms with Gasteiger partial charge in [-0.3, -0.25) is 0 Å². The minimum Gasteiger partial charge on any atom is -0.439 e. The van der Waals surface area contributed by atoms with E-state index in [1.807, 2.05) is 19.1 Å². The Labute approximate surface area is 132 Å². The zero-order valence-corrected chi connectivity index (χ0v) is 13.9. The van der Waals surface area contributed by atoms with Crippen LogP contribution in [0.25, 0.3) is 0 Å². The molecule has 0 atom stereocenters. The normalized spacial score (nSPS) is 11.0. The average molecular weight is 353 g/mol.